The van der Waals surface area contributed by atoms with Crippen LogP contribution in [0.3, 0.4) is 0 Å². The number of carboxylic acid groups (broad SMARTS) is 1. The summed E-state index contributed by atoms with van der Waals surface area (Å²) in [6.45, 7) is 4.36. The second-order valence-corrected chi connectivity index (χ2v) is 9.66. The third-order valence-corrected chi connectivity index (χ3v) is 6.74. The summed E-state index contributed by atoms with van der Waals surface area (Å²) in [5, 5.41) is 11.5. The summed E-state index contributed by atoms with van der Waals surface area (Å²) >= 11 is 1.71. The molecule has 2 rings (SSSR count). The topological polar surface area (TPSA) is 120 Å². The zero-order valence-corrected chi connectivity index (χ0v) is 15.9. The van der Waals surface area contributed by atoms with Gasteiger partial charge in [0, 0.05) is 42.8 Å². The van der Waals surface area contributed by atoms with Gasteiger partial charge in [-0.2, -0.15) is 16.1 Å². The van der Waals surface area contributed by atoms with Gasteiger partial charge in [0.15, 0.2) is 0 Å². The van der Waals surface area contributed by atoms with Crippen molar-refractivity contribution in [2.45, 2.75) is 37.1 Å². The molecule has 0 spiro atoms. The lowest BCUT2D eigenvalue weighted by atomic mass is 9.98. The summed E-state index contributed by atoms with van der Waals surface area (Å²) in [5.41, 5.74) is -0.586. The van der Waals surface area contributed by atoms with E-state index < -0.39 is 27.4 Å². The van der Waals surface area contributed by atoms with Crippen LogP contribution in [-0.2, 0) is 14.8 Å². The molecule has 3 N–H and O–H groups in total. The smallest absolute Gasteiger partial charge is 0.303 e. The first-order valence-electron chi connectivity index (χ1n) is 7.92. The van der Waals surface area contributed by atoms with Crippen LogP contribution in [0.25, 0.3) is 0 Å². The molecule has 1 aromatic heterocycles. The second-order valence-electron chi connectivity index (χ2n) is 6.50. The summed E-state index contributed by atoms with van der Waals surface area (Å²) in [4.78, 5) is 25.8. The van der Waals surface area contributed by atoms with Gasteiger partial charge in [0.1, 0.15) is 10.6 Å². The number of aromatic amines is 1. The lowest BCUT2D eigenvalue weighted by Gasteiger charge is -2.25. The zero-order chi connectivity index (χ0) is 18.7. The van der Waals surface area contributed by atoms with E-state index in [1.54, 1.807) is 25.6 Å². The molecule has 10 heteroatoms. The molecule has 25 heavy (non-hydrogen) atoms. The highest BCUT2D eigenvalue weighted by molar-refractivity contribution is 7.99. The number of hydrogen-bond acceptors (Lipinski definition) is 5. The van der Waals surface area contributed by atoms with Crippen LogP contribution >= 0.6 is 11.8 Å². The van der Waals surface area contributed by atoms with E-state index in [0.717, 1.165) is 11.5 Å². The third-order valence-electron chi connectivity index (χ3n) is 3.92. The molecule has 1 fully saturated rings. The van der Waals surface area contributed by atoms with Crippen LogP contribution in [0.2, 0.25) is 0 Å². The van der Waals surface area contributed by atoms with Crippen LogP contribution in [0.4, 0.5) is 0 Å². The molecule has 0 saturated carbocycles. The van der Waals surface area contributed by atoms with E-state index >= 15 is 0 Å². The molecule has 0 unspecified atom stereocenters. The number of sulfonamides is 1. The van der Waals surface area contributed by atoms with Gasteiger partial charge in [-0.25, -0.2) is 8.42 Å². The van der Waals surface area contributed by atoms with E-state index in [9.17, 15) is 18.0 Å². The Morgan fingerprint density at radius 3 is 2.60 bits per heavy atom. The Morgan fingerprint density at radius 2 is 2.00 bits per heavy atom. The molecule has 8 nitrogen and oxygen atoms in total. The molecule has 1 saturated heterocycles. The van der Waals surface area contributed by atoms with Crippen LogP contribution in [-0.4, -0.2) is 64.8 Å². The molecule has 1 amide bonds. The number of thioether (sulfide) groups is 1. The van der Waals surface area contributed by atoms with Crippen LogP contribution in [0.5, 0.6) is 0 Å². The SMILES string of the molecule is CC(C)(CCC(=O)O)NC(=O)c1cc(S(=O)(=O)N2CCSCC2)c[nH]1. The number of hydrogen-bond donors (Lipinski definition) is 3. The van der Waals surface area contributed by atoms with Gasteiger partial charge in [-0.1, -0.05) is 0 Å². The van der Waals surface area contributed by atoms with Crippen LogP contribution < -0.4 is 5.32 Å². The lowest BCUT2D eigenvalue weighted by molar-refractivity contribution is -0.137. The van der Waals surface area contributed by atoms with E-state index in [-0.39, 0.29) is 23.4 Å². The van der Waals surface area contributed by atoms with Crippen LogP contribution in [0.1, 0.15) is 37.2 Å². The number of aromatic nitrogens is 1. The van der Waals surface area contributed by atoms with Gasteiger partial charge < -0.3 is 15.4 Å². The molecule has 0 aliphatic carbocycles. The molecule has 0 radical (unpaired) electrons. The number of nitrogens with one attached hydrogen (secondary N) is 2. The highest BCUT2D eigenvalue weighted by atomic mass is 32.2. The van der Waals surface area contributed by atoms with Gasteiger partial charge in [-0.15, -0.1) is 0 Å². The standard InChI is InChI=1S/C15H23N3O5S2/c1-15(2,4-3-13(19)20)17-14(21)12-9-11(10-16-12)25(22,23)18-5-7-24-8-6-18/h9-10,16H,3-8H2,1-2H3,(H,17,21)(H,19,20). The Bertz CT molecular complexity index is 736. The molecule has 140 valence electrons. The molecule has 0 atom stereocenters. The molecule has 0 bridgehead atoms. The number of amides is 1. The van der Waals surface area contributed by atoms with Crippen molar-refractivity contribution in [1.29, 1.82) is 0 Å². The maximum Gasteiger partial charge on any atom is 0.303 e. The normalized spacial score (nSPS) is 16.6. The van der Waals surface area contributed by atoms with Crippen molar-refractivity contribution in [3.63, 3.8) is 0 Å². The summed E-state index contributed by atoms with van der Waals surface area (Å²) < 4.78 is 26.6. The maximum absolute atomic E-state index is 12.6. The molecule has 1 aliphatic rings. The minimum Gasteiger partial charge on any atom is -0.481 e. The number of H-pyrrole nitrogens is 1. The van der Waals surface area contributed by atoms with Crippen molar-refractivity contribution < 1.29 is 23.1 Å². The van der Waals surface area contributed by atoms with Crippen molar-refractivity contribution in [3.05, 3.63) is 18.0 Å². The summed E-state index contributed by atoms with van der Waals surface area (Å²) in [6, 6.07) is 1.32. The fourth-order valence-electron chi connectivity index (χ4n) is 2.45. The largest absolute Gasteiger partial charge is 0.481 e. The molecule has 1 aromatic rings. The summed E-state index contributed by atoms with van der Waals surface area (Å²) in [7, 11) is -3.61. The van der Waals surface area contributed by atoms with Gasteiger partial charge in [0.25, 0.3) is 5.91 Å². The second kappa shape index (κ2) is 7.79. The first-order chi connectivity index (χ1) is 11.6. The number of nitrogens with zero attached hydrogens (tertiary/aromatic N) is 1. The highest BCUT2D eigenvalue weighted by Crippen LogP contribution is 2.21. The number of carbonyl (C=O) groups is 2. The molecule has 2 heterocycles. The van der Waals surface area contributed by atoms with E-state index in [1.807, 2.05) is 0 Å². The Morgan fingerprint density at radius 1 is 1.36 bits per heavy atom. The number of carbonyl (C=O) groups excluding carboxylic acids is 1. The van der Waals surface area contributed by atoms with E-state index in [4.69, 9.17) is 5.11 Å². The molecular formula is C15H23N3O5S2. The van der Waals surface area contributed by atoms with Gasteiger partial charge in [0.2, 0.25) is 10.0 Å². The third kappa shape index (κ3) is 5.23. The lowest BCUT2D eigenvalue weighted by Crippen LogP contribution is -2.43. The van der Waals surface area contributed by atoms with Crippen molar-refractivity contribution in [2.24, 2.45) is 0 Å². The van der Waals surface area contributed by atoms with Crippen LogP contribution in [0, 0.1) is 0 Å². The van der Waals surface area contributed by atoms with E-state index in [2.05, 4.69) is 10.3 Å². The fraction of sp³-hybridized carbons (Fsp3) is 0.600. The average Bonchev–Trinajstić information content (AvgIpc) is 3.04. The number of carboxylic acids is 1. The fourth-order valence-corrected chi connectivity index (χ4v) is 5.02. The summed E-state index contributed by atoms with van der Waals surface area (Å²) in [5.74, 6) is 0.116. The summed E-state index contributed by atoms with van der Waals surface area (Å²) in [6.07, 6.45) is 1.52. The molecule has 0 aromatic carbocycles. The predicted molar refractivity (Wildman–Crippen MR) is 95.3 cm³/mol. The monoisotopic (exact) mass is 389 g/mol. The Hall–Kier alpha value is -1.52. The highest BCUT2D eigenvalue weighted by Gasteiger charge is 2.29. The Kier molecular flexibility index (Phi) is 6.17. The van der Waals surface area contributed by atoms with Crippen molar-refractivity contribution in [2.75, 3.05) is 24.6 Å². The Labute approximate surface area is 151 Å². The van der Waals surface area contributed by atoms with E-state index in [0.29, 0.717) is 13.1 Å². The van der Waals surface area contributed by atoms with Gasteiger partial charge in [-0.05, 0) is 26.3 Å². The average molecular weight is 389 g/mol. The first-order valence-corrected chi connectivity index (χ1v) is 10.5. The maximum atomic E-state index is 12.6. The van der Waals surface area contributed by atoms with Crippen LogP contribution in [0.15, 0.2) is 17.2 Å². The van der Waals surface area contributed by atoms with Gasteiger partial charge >= 0.3 is 5.97 Å². The molecular weight excluding hydrogens is 366 g/mol. The number of aliphatic carboxylic acids is 1. The predicted octanol–water partition coefficient (Wildman–Crippen LogP) is 1.13. The van der Waals surface area contributed by atoms with E-state index in [1.165, 1.54) is 16.6 Å². The van der Waals surface area contributed by atoms with Crippen molar-refractivity contribution in [3.8, 4) is 0 Å². The quantitative estimate of drug-likeness (QED) is 0.643. The minimum atomic E-state index is -3.61. The van der Waals surface area contributed by atoms with Gasteiger partial charge in [-0.3, -0.25) is 9.59 Å². The Balaban J connectivity index is 2.07. The molecule has 1 aliphatic heterocycles. The van der Waals surface area contributed by atoms with Gasteiger partial charge in [0.05, 0.1) is 0 Å². The zero-order valence-electron chi connectivity index (χ0n) is 14.2. The minimum absolute atomic E-state index is 0.0629. The van der Waals surface area contributed by atoms with Crippen molar-refractivity contribution >= 4 is 33.7 Å². The first kappa shape index (κ1) is 19.8. The van der Waals surface area contributed by atoms with Crippen molar-refractivity contribution in [1.82, 2.24) is 14.6 Å². The number of rotatable bonds is 7.